The van der Waals surface area contributed by atoms with Crippen molar-refractivity contribution in [3.05, 3.63) is 28.1 Å². The molecule has 0 aromatic carbocycles. The lowest BCUT2D eigenvalue weighted by Gasteiger charge is -2.47. The smallest absolute Gasteiger partial charge is 0.229 e. The van der Waals surface area contributed by atoms with E-state index in [0.717, 1.165) is 24.4 Å². The van der Waals surface area contributed by atoms with Crippen molar-refractivity contribution in [3.63, 3.8) is 0 Å². The summed E-state index contributed by atoms with van der Waals surface area (Å²) in [4.78, 5) is 4.48. The van der Waals surface area contributed by atoms with Gasteiger partial charge in [-0.2, -0.15) is 10.1 Å². The van der Waals surface area contributed by atoms with Crippen LogP contribution in [0.2, 0.25) is 5.15 Å². The Kier molecular flexibility index (Phi) is 4.10. The Balaban J connectivity index is 1.36. The zero-order chi connectivity index (χ0) is 16.7. The number of hydrogen-bond donors (Lipinski definition) is 1. The SMILES string of the molecule is Cc1nn(C)c(Cl)c1Cc1noc(CC2CNC3(CCC3)CO2)n1. The molecule has 2 aromatic rings. The molecule has 2 aromatic heterocycles. The van der Waals surface area contributed by atoms with Crippen LogP contribution in [0.25, 0.3) is 0 Å². The molecule has 1 aliphatic heterocycles. The van der Waals surface area contributed by atoms with Gasteiger partial charge in [0.25, 0.3) is 0 Å². The topological polar surface area (TPSA) is 78.0 Å². The highest BCUT2D eigenvalue weighted by atomic mass is 35.5. The normalized spacial score (nSPS) is 22.7. The minimum absolute atomic E-state index is 0.0910. The minimum Gasteiger partial charge on any atom is -0.374 e. The van der Waals surface area contributed by atoms with Crippen LogP contribution in [0.4, 0.5) is 0 Å². The number of nitrogens with zero attached hydrogens (tertiary/aromatic N) is 4. The molecule has 24 heavy (non-hydrogen) atoms. The van der Waals surface area contributed by atoms with E-state index in [-0.39, 0.29) is 11.6 Å². The minimum atomic E-state index is 0.0910. The van der Waals surface area contributed by atoms with Crippen LogP contribution in [-0.4, -0.2) is 44.7 Å². The summed E-state index contributed by atoms with van der Waals surface area (Å²) >= 11 is 6.26. The maximum absolute atomic E-state index is 6.26. The number of ether oxygens (including phenoxy) is 1. The van der Waals surface area contributed by atoms with Gasteiger partial charge in [-0.25, -0.2) is 0 Å². The van der Waals surface area contributed by atoms with Crippen molar-refractivity contribution in [2.45, 2.75) is 50.7 Å². The van der Waals surface area contributed by atoms with Gasteiger partial charge in [-0.3, -0.25) is 4.68 Å². The van der Waals surface area contributed by atoms with E-state index >= 15 is 0 Å². The van der Waals surface area contributed by atoms with E-state index < -0.39 is 0 Å². The molecule has 8 heteroatoms. The monoisotopic (exact) mass is 351 g/mol. The summed E-state index contributed by atoms with van der Waals surface area (Å²) < 4.78 is 13.0. The van der Waals surface area contributed by atoms with Crippen molar-refractivity contribution in [3.8, 4) is 0 Å². The molecule has 0 radical (unpaired) electrons. The van der Waals surface area contributed by atoms with E-state index in [2.05, 4.69) is 20.6 Å². The van der Waals surface area contributed by atoms with Crippen molar-refractivity contribution >= 4 is 11.6 Å². The predicted molar refractivity (Wildman–Crippen MR) is 88.1 cm³/mol. The summed E-state index contributed by atoms with van der Waals surface area (Å²) in [5.41, 5.74) is 2.07. The first-order valence-corrected chi connectivity index (χ1v) is 8.78. The number of morpholine rings is 1. The second-order valence-electron chi connectivity index (χ2n) is 6.91. The van der Waals surface area contributed by atoms with E-state index in [1.54, 1.807) is 4.68 Å². The van der Waals surface area contributed by atoms with Crippen LogP contribution >= 0.6 is 11.6 Å². The molecule has 0 amide bonds. The number of hydrogen-bond acceptors (Lipinski definition) is 6. The van der Waals surface area contributed by atoms with Crippen molar-refractivity contribution in [1.82, 2.24) is 25.2 Å². The maximum atomic E-state index is 6.26. The molecule has 3 heterocycles. The first kappa shape index (κ1) is 16.1. The fraction of sp³-hybridized carbons (Fsp3) is 0.688. The van der Waals surface area contributed by atoms with Gasteiger partial charge in [0.1, 0.15) is 5.15 Å². The first-order valence-electron chi connectivity index (χ1n) is 8.41. The Hall–Kier alpha value is -1.44. The maximum Gasteiger partial charge on any atom is 0.229 e. The van der Waals surface area contributed by atoms with Crippen LogP contribution < -0.4 is 5.32 Å². The van der Waals surface area contributed by atoms with Gasteiger partial charge in [0, 0.05) is 31.1 Å². The Morgan fingerprint density at radius 2 is 2.25 bits per heavy atom. The van der Waals surface area contributed by atoms with E-state index in [0.29, 0.717) is 29.7 Å². The summed E-state index contributed by atoms with van der Waals surface area (Å²) in [6.45, 7) is 3.55. The van der Waals surface area contributed by atoms with Gasteiger partial charge in [0.05, 0.1) is 24.8 Å². The van der Waals surface area contributed by atoms with Crippen molar-refractivity contribution in [2.75, 3.05) is 13.2 Å². The summed E-state index contributed by atoms with van der Waals surface area (Å²) in [5, 5.41) is 12.6. The van der Waals surface area contributed by atoms with Gasteiger partial charge >= 0.3 is 0 Å². The van der Waals surface area contributed by atoms with E-state index in [9.17, 15) is 0 Å². The fourth-order valence-corrected chi connectivity index (χ4v) is 3.69. The lowest BCUT2D eigenvalue weighted by molar-refractivity contribution is -0.0618. The van der Waals surface area contributed by atoms with Crippen LogP contribution in [0.1, 0.15) is 42.2 Å². The van der Waals surface area contributed by atoms with Crippen molar-refractivity contribution < 1.29 is 9.26 Å². The summed E-state index contributed by atoms with van der Waals surface area (Å²) in [6.07, 6.45) is 4.98. The van der Waals surface area contributed by atoms with Crippen molar-refractivity contribution in [1.29, 1.82) is 0 Å². The molecule has 1 saturated heterocycles. The highest BCUT2D eigenvalue weighted by molar-refractivity contribution is 6.30. The van der Waals surface area contributed by atoms with Crippen LogP contribution in [0.3, 0.4) is 0 Å². The highest BCUT2D eigenvalue weighted by Crippen LogP contribution is 2.34. The van der Waals surface area contributed by atoms with Gasteiger partial charge in [0.15, 0.2) is 5.82 Å². The third-order valence-electron chi connectivity index (χ3n) is 5.13. The molecule has 7 nitrogen and oxygen atoms in total. The largest absolute Gasteiger partial charge is 0.374 e. The molecule has 1 aliphatic carbocycles. The molecule has 4 rings (SSSR count). The van der Waals surface area contributed by atoms with Crippen LogP contribution in [-0.2, 0) is 24.6 Å². The molecule has 2 aliphatic rings. The summed E-state index contributed by atoms with van der Waals surface area (Å²) in [5.74, 6) is 1.24. The number of aromatic nitrogens is 4. The quantitative estimate of drug-likeness (QED) is 0.905. The molecule has 1 spiro atoms. The molecule has 2 fully saturated rings. The van der Waals surface area contributed by atoms with E-state index in [4.69, 9.17) is 20.9 Å². The van der Waals surface area contributed by atoms with Gasteiger partial charge < -0.3 is 14.6 Å². The lowest BCUT2D eigenvalue weighted by Crippen LogP contribution is -2.61. The molecular formula is C16H22ClN5O2. The highest BCUT2D eigenvalue weighted by Gasteiger charge is 2.40. The summed E-state index contributed by atoms with van der Waals surface area (Å²) in [6, 6.07) is 0. The molecule has 1 unspecified atom stereocenters. The molecule has 1 saturated carbocycles. The Morgan fingerprint density at radius 3 is 2.83 bits per heavy atom. The summed E-state index contributed by atoms with van der Waals surface area (Å²) in [7, 11) is 1.82. The Morgan fingerprint density at radius 1 is 1.42 bits per heavy atom. The van der Waals surface area contributed by atoms with Gasteiger partial charge in [-0.05, 0) is 26.2 Å². The van der Waals surface area contributed by atoms with E-state index in [1.807, 2.05) is 14.0 Å². The average molecular weight is 352 g/mol. The number of halogens is 1. The molecule has 130 valence electrons. The molecule has 1 atom stereocenters. The second-order valence-corrected chi connectivity index (χ2v) is 7.27. The Bertz CT molecular complexity index is 727. The van der Waals surface area contributed by atoms with Crippen LogP contribution in [0.15, 0.2) is 4.52 Å². The molecular weight excluding hydrogens is 330 g/mol. The standard InChI is InChI=1S/C16H22ClN5O2/c1-10-12(15(17)22(2)20-10)7-13-19-14(24-21-13)6-11-8-18-16(9-23-11)4-3-5-16/h11,18H,3-9H2,1-2H3. The van der Waals surface area contributed by atoms with Gasteiger partial charge in [0.2, 0.25) is 5.89 Å². The number of rotatable bonds is 4. The average Bonchev–Trinajstić information content (AvgIpc) is 3.07. The van der Waals surface area contributed by atoms with Crippen LogP contribution in [0, 0.1) is 6.92 Å². The Labute approximate surface area is 145 Å². The molecule has 0 bridgehead atoms. The predicted octanol–water partition coefficient (Wildman–Crippen LogP) is 1.81. The zero-order valence-electron chi connectivity index (χ0n) is 14.0. The van der Waals surface area contributed by atoms with Gasteiger partial charge in [-0.1, -0.05) is 16.8 Å². The fourth-order valence-electron chi connectivity index (χ4n) is 3.45. The third-order valence-corrected chi connectivity index (χ3v) is 5.60. The second kappa shape index (κ2) is 6.13. The van der Waals surface area contributed by atoms with Gasteiger partial charge in [-0.15, -0.1) is 0 Å². The first-order chi connectivity index (χ1) is 11.5. The zero-order valence-corrected chi connectivity index (χ0v) is 14.8. The van der Waals surface area contributed by atoms with Crippen LogP contribution in [0.5, 0.6) is 0 Å². The number of aryl methyl sites for hydroxylation is 2. The molecule has 1 N–H and O–H groups in total. The van der Waals surface area contributed by atoms with Crippen molar-refractivity contribution in [2.24, 2.45) is 7.05 Å². The van der Waals surface area contributed by atoms with E-state index in [1.165, 1.54) is 19.3 Å². The third kappa shape index (κ3) is 2.96. The lowest BCUT2D eigenvalue weighted by atomic mass is 9.76. The number of nitrogens with one attached hydrogen (secondary N) is 1.